The van der Waals surface area contributed by atoms with Crippen LogP contribution in [0.5, 0.6) is 0 Å². The van der Waals surface area contributed by atoms with Crippen molar-refractivity contribution in [1.29, 1.82) is 0 Å². The summed E-state index contributed by atoms with van der Waals surface area (Å²) in [5.74, 6) is -1.01. The fourth-order valence-electron chi connectivity index (χ4n) is 3.63. The van der Waals surface area contributed by atoms with Crippen molar-refractivity contribution in [3.8, 4) is 0 Å². The minimum atomic E-state index is -0.355. The number of para-hydroxylation sites is 1. The predicted molar refractivity (Wildman–Crippen MR) is 90.2 cm³/mol. The van der Waals surface area contributed by atoms with E-state index >= 15 is 0 Å². The van der Waals surface area contributed by atoms with Crippen molar-refractivity contribution in [2.24, 2.45) is 17.6 Å². The maximum atomic E-state index is 12.7. The molecule has 0 saturated carbocycles. The Bertz CT molecular complexity index is 673. The number of carbonyl (C=O) groups is 3. The summed E-state index contributed by atoms with van der Waals surface area (Å²) in [7, 11) is 0. The maximum Gasteiger partial charge on any atom is 0.228 e. The number of amides is 3. The highest BCUT2D eigenvalue weighted by atomic mass is 16.2. The zero-order chi connectivity index (χ0) is 17.3. The Morgan fingerprint density at radius 2 is 1.96 bits per heavy atom. The van der Waals surface area contributed by atoms with Crippen LogP contribution in [-0.2, 0) is 20.8 Å². The molecule has 3 rings (SSSR count). The quantitative estimate of drug-likeness (QED) is 0.892. The van der Waals surface area contributed by atoms with Gasteiger partial charge in [-0.25, -0.2) is 0 Å². The number of nitrogens with zero attached hydrogens (tertiary/aromatic N) is 2. The topological polar surface area (TPSA) is 83.7 Å². The van der Waals surface area contributed by atoms with Crippen molar-refractivity contribution >= 4 is 23.4 Å². The minimum absolute atomic E-state index is 0.0140. The fraction of sp³-hybridized carbons (Fsp3) is 0.500. The van der Waals surface area contributed by atoms with Crippen LogP contribution in [-0.4, -0.2) is 42.3 Å². The Labute approximate surface area is 141 Å². The first kappa shape index (κ1) is 16.5. The van der Waals surface area contributed by atoms with Gasteiger partial charge in [0.15, 0.2) is 0 Å². The van der Waals surface area contributed by atoms with Gasteiger partial charge < -0.3 is 15.5 Å². The molecule has 6 heteroatoms. The van der Waals surface area contributed by atoms with Gasteiger partial charge in [-0.2, -0.15) is 0 Å². The molecule has 3 amide bonds. The number of benzene rings is 1. The van der Waals surface area contributed by atoms with Crippen molar-refractivity contribution in [3.63, 3.8) is 0 Å². The molecule has 6 nitrogen and oxygen atoms in total. The molecule has 0 radical (unpaired) electrons. The van der Waals surface area contributed by atoms with E-state index in [1.54, 1.807) is 9.80 Å². The summed E-state index contributed by atoms with van der Waals surface area (Å²) in [6.45, 7) is 3.38. The number of hydrogen-bond donors (Lipinski definition) is 1. The van der Waals surface area contributed by atoms with E-state index in [2.05, 4.69) is 6.92 Å². The number of aryl methyl sites for hydroxylation is 1. The lowest BCUT2D eigenvalue weighted by Gasteiger charge is -2.22. The lowest BCUT2D eigenvalue weighted by atomic mass is 10.1. The molecule has 2 heterocycles. The first-order valence-corrected chi connectivity index (χ1v) is 8.47. The van der Waals surface area contributed by atoms with Crippen LogP contribution in [0.15, 0.2) is 24.3 Å². The van der Waals surface area contributed by atoms with E-state index in [0.717, 1.165) is 17.7 Å². The molecule has 24 heavy (non-hydrogen) atoms. The summed E-state index contributed by atoms with van der Waals surface area (Å²) < 4.78 is 0. The molecule has 2 atom stereocenters. The van der Waals surface area contributed by atoms with Crippen molar-refractivity contribution in [2.75, 3.05) is 24.5 Å². The van der Waals surface area contributed by atoms with Crippen molar-refractivity contribution < 1.29 is 14.4 Å². The van der Waals surface area contributed by atoms with E-state index in [0.29, 0.717) is 26.1 Å². The molecular weight excluding hydrogens is 306 g/mol. The number of primary amides is 1. The Hall–Kier alpha value is -2.37. The summed E-state index contributed by atoms with van der Waals surface area (Å²) in [5, 5.41) is 0. The largest absolute Gasteiger partial charge is 0.369 e. The minimum Gasteiger partial charge on any atom is -0.369 e. The molecule has 1 aromatic carbocycles. The molecule has 2 aliphatic rings. The van der Waals surface area contributed by atoms with E-state index in [1.807, 2.05) is 24.3 Å². The molecule has 2 unspecified atom stereocenters. The van der Waals surface area contributed by atoms with Crippen LogP contribution in [0.4, 0.5) is 5.69 Å². The van der Waals surface area contributed by atoms with Crippen LogP contribution < -0.4 is 10.6 Å². The van der Waals surface area contributed by atoms with Gasteiger partial charge >= 0.3 is 0 Å². The Kier molecular flexibility index (Phi) is 4.55. The van der Waals surface area contributed by atoms with E-state index in [1.165, 1.54) is 0 Å². The molecule has 0 bridgehead atoms. The van der Waals surface area contributed by atoms with Crippen LogP contribution in [0.25, 0.3) is 0 Å². The number of nitrogens with two attached hydrogens (primary N) is 1. The number of anilines is 1. The van der Waals surface area contributed by atoms with Crippen LogP contribution in [0, 0.1) is 11.8 Å². The zero-order valence-electron chi connectivity index (χ0n) is 13.9. The molecule has 2 fully saturated rings. The third kappa shape index (κ3) is 3.00. The normalized spacial score (nSPS) is 23.8. The third-order valence-corrected chi connectivity index (χ3v) is 5.04. The first-order chi connectivity index (χ1) is 11.5. The number of rotatable bonds is 4. The average Bonchev–Trinajstić information content (AvgIpc) is 3.21. The molecule has 2 aliphatic heterocycles. The summed E-state index contributed by atoms with van der Waals surface area (Å²) in [6.07, 6.45) is 1.68. The van der Waals surface area contributed by atoms with Gasteiger partial charge in [-0.15, -0.1) is 0 Å². The molecule has 0 spiro atoms. The van der Waals surface area contributed by atoms with Crippen molar-refractivity contribution in [2.45, 2.75) is 26.2 Å². The zero-order valence-corrected chi connectivity index (χ0v) is 13.9. The van der Waals surface area contributed by atoms with E-state index in [-0.39, 0.29) is 36.0 Å². The van der Waals surface area contributed by atoms with Gasteiger partial charge in [0.2, 0.25) is 17.7 Å². The SMILES string of the molecule is CCc1ccccc1N1CC(C(=O)N2CCC(C(N)=O)C2)CC1=O. The van der Waals surface area contributed by atoms with Crippen molar-refractivity contribution in [1.82, 2.24) is 4.90 Å². The van der Waals surface area contributed by atoms with Gasteiger partial charge in [-0.3, -0.25) is 14.4 Å². The summed E-state index contributed by atoms with van der Waals surface area (Å²) >= 11 is 0. The highest BCUT2D eigenvalue weighted by molar-refractivity contribution is 6.01. The van der Waals surface area contributed by atoms with Crippen LogP contribution in [0.3, 0.4) is 0 Å². The number of carbonyl (C=O) groups excluding carboxylic acids is 3. The maximum absolute atomic E-state index is 12.7. The third-order valence-electron chi connectivity index (χ3n) is 5.04. The van der Waals surface area contributed by atoms with Gasteiger partial charge in [0.05, 0.1) is 11.8 Å². The van der Waals surface area contributed by atoms with Gasteiger partial charge in [0.1, 0.15) is 0 Å². The Morgan fingerprint density at radius 1 is 1.21 bits per heavy atom. The average molecular weight is 329 g/mol. The summed E-state index contributed by atoms with van der Waals surface area (Å²) in [6, 6.07) is 7.81. The highest BCUT2D eigenvalue weighted by Crippen LogP contribution is 2.30. The summed E-state index contributed by atoms with van der Waals surface area (Å²) in [4.78, 5) is 39.8. The highest BCUT2D eigenvalue weighted by Gasteiger charge is 2.40. The second-order valence-corrected chi connectivity index (χ2v) is 6.56. The predicted octanol–water partition coefficient (Wildman–Crippen LogP) is 0.936. The standard InChI is InChI=1S/C18H23N3O3/c1-2-12-5-3-4-6-15(12)21-11-14(9-16(21)22)18(24)20-8-7-13(10-20)17(19)23/h3-6,13-14H,2,7-11H2,1H3,(H2,19,23). The van der Waals surface area contributed by atoms with Crippen LogP contribution in [0.2, 0.25) is 0 Å². The van der Waals surface area contributed by atoms with Gasteiger partial charge in [-0.1, -0.05) is 25.1 Å². The molecular formula is C18H23N3O3. The summed E-state index contributed by atoms with van der Waals surface area (Å²) in [5.41, 5.74) is 7.33. The first-order valence-electron chi connectivity index (χ1n) is 8.47. The van der Waals surface area contributed by atoms with Gasteiger partial charge in [0.25, 0.3) is 0 Å². The Morgan fingerprint density at radius 3 is 2.62 bits per heavy atom. The van der Waals surface area contributed by atoms with Crippen molar-refractivity contribution in [3.05, 3.63) is 29.8 Å². The second kappa shape index (κ2) is 6.63. The molecule has 1 aromatic rings. The van der Waals surface area contributed by atoms with E-state index in [4.69, 9.17) is 5.73 Å². The molecule has 0 aromatic heterocycles. The Balaban J connectivity index is 1.71. The lowest BCUT2D eigenvalue weighted by molar-refractivity contribution is -0.135. The molecule has 128 valence electrons. The van der Waals surface area contributed by atoms with E-state index < -0.39 is 0 Å². The van der Waals surface area contributed by atoms with Gasteiger partial charge in [-0.05, 0) is 24.5 Å². The second-order valence-electron chi connectivity index (χ2n) is 6.56. The lowest BCUT2D eigenvalue weighted by Crippen LogP contribution is -2.37. The van der Waals surface area contributed by atoms with E-state index in [9.17, 15) is 14.4 Å². The monoisotopic (exact) mass is 329 g/mol. The molecule has 2 N–H and O–H groups in total. The molecule has 2 saturated heterocycles. The van der Waals surface area contributed by atoms with Crippen LogP contribution >= 0.6 is 0 Å². The molecule has 0 aliphatic carbocycles. The van der Waals surface area contributed by atoms with Gasteiger partial charge in [0, 0.05) is 31.7 Å². The fourth-order valence-corrected chi connectivity index (χ4v) is 3.63. The smallest absolute Gasteiger partial charge is 0.228 e. The number of likely N-dealkylation sites (tertiary alicyclic amines) is 1. The number of hydrogen-bond acceptors (Lipinski definition) is 3. The van der Waals surface area contributed by atoms with Crippen LogP contribution in [0.1, 0.15) is 25.3 Å².